The van der Waals surface area contributed by atoms with Crippen LogP contribution in [0.1, 0.15) is 103 Å². The standard InChI is InChI=1S/C37H53N5O9/c1-8-11-25(30(43)33(45)38-22-14-15-22)39-32(44)27-19-37(18-26(41-51-37)24-16-21(2)28(48-6)17-29(24)49-7)20-42(27)34(46)31(36(3,4)5)40-35(47)50-23-12-9-10-13-23/h16-17,22-23,25,27,31H,8-15,18-20H2,1-7H3,(H,38,45)(H,39,44)(H,40,47)/t25-,27-,31+,37+/m0/s1. The van der Waals surface area contributed by atoms with Crippen LogP contribution in [0.15, 0.2) is 17.3 Å². The smallest absolute Gasteiger partial charge is 0.408 e. The van der Waals surface area contributed by atoms with Crippen LogP contribution in [0, 0.1) is 12.3 Å². The molecule has 2 heterocycles. The van der Waals surface area contributed by atoms with Crippen molar-refractivity contribution in [3.05, 3.63) is 23.3 Å². The number of hydrogen-bond donors (Lipinski definition) is 3. The van der Waals surface area contributed by atoms with E-state index >= 15 is 0 Å². The second-order valence-electron chi connectivity index (χ2n) is 15.4. The SMILES string of the molecule is CCC[C@H](NC(=O)[C@@H]1C[C@]2(CC(c3cc(C)c(OC)cc3OC)=NO2)CN1C(=O)[C@@H](NC(=O)OC1CCCC1)C(C)(C)C)C(=O)C(=O)NC1CC1. The molecular weight excluding hydrogens is 658 g/mol. The lowest BCUT2D eigenvalue weighted by Crippen LogP contribution is -2.59. The number of methoxy groups -OCH3 is 2. The van der Waals surface area contributed by atoms with E-state index in [4.69, 9.17) is 19.0 Å². The summed E-state index contributed by atoms with van der Waals surface area (Å²) in [5.74, 6) is -1.37. The molecule has 0 bridgehead atoms. The summed E-state index contributed by atoms with van der Waals surface area (Å²) in [4.78, 5) is 75.4. The number of hydrogen-bond acceptors (Lipinski definition) is 10. The van der Waals surface area contributed by atoms with E-state index < -0.39 is 58.7 Å². The highest BCUT2D eigenvalue weighted by Crippen LogP contribution is 2.42. The number of nitrogens with one attached hydrogen (secondary N) is 3. The van der Waals surface area contributed by atoms with Gasteiger partial charge in [0, 0.05) is 30.5 Å². The first-order chi connectivity index (χ1) is 24.2. The number of benzene rings is 1. The van der Waals surface area contributed by atoms with Crippen molar-refractivity contribution in [1.82, 2.24) is 20.9 Å². The number of Topliss-reactive ketones (excluding diaryl/α,β-unsaturated/α-hetero) is 1. The third-order valence-electron chi connectivity index (χ3n) is 10.2. The van der Waals surface area contributed by atoms with Gasteiger partial charge in [-0.15, -0.1) is 0 Å². The summed E-state index contributed by atoms with van der Waals surface area (Å²) in [6, 6.07) is 0.419. The maximum atomic E-state index is 14.6. The van der Waals surface area contributed by atoms with Crippen molar-refractivity contribution < 1.29 is 43.0 Å². The molecule has 1 aromatic carbocycles. The Labute approximate surface area is 299 Å². The van der Waals surface area contributed by atoms with Crippen molar-refractivity contribution >= 4 is 35.3 Å². The van der Waals surface area contributed by atoms with E-state index in [0.29, 0.717) is 29.2 Å². The summed E-state index contributed by atoms with van der Waals surface area (Å²) >= 11 is 0. The van der Waals surface area contributed by atoms with Crippen LogP contribution in [0.5, 0.6) is 11.5 Å². The van der Waals surface area contributed by atoms with Gasteiger partial charge < -0.3 is 39.9 Å². The van der Waals surface area contributed by atoms with E-state index in [-0.39, 0.29) is 38.0 Å². The van der Waals surface area contributed by atoms with Crippen molar-refractivity contribution in [2.24, 2.45) is 10.6 Å². The number of ketones is 1. The predicted molar refractivity (Wildman–Crippen MR) is 187 cm³/mol. The van der Waals surface area contributed by atoms with Gasteiger partial charge in [0.1, 0.15) is 29.7 Å². The highest BCUT2D eigenvalue weighted by atomic mass is 16.7. The number of carbonyl (C=O) groups excluding carboxylic acids is 5. The first-order valence-corrected chi connectivity index (χ1v) is 18.1. The Bertz CT molecular complexity index is 1550. The molecule has 1 aromatic rings. The van der Waals surface area contributed by atoms with Gasteiger partial charge in [0.25, 0.3) is 5.91 Å². The van der Waals surface area contributed by atoms with E-state index in [2.05, 4.69) is 21.1 Å². The van der Waals surface area contributed by atoms with Gasteiger partial charge in [-0.2, -0.15) is 0 Å². The Morgan fingerprint density at radius 1 is 1.02 bits per heavy atom. The van der Waals surface area contributed by atoms with E-state index in [1.807, 2.05) is 40.7 Å². The minimum atomic E-state index is -1.09. The molecule has 3 N–H and O–H groups in total. The number of nitrogens with zero attached hydrogens (tertiary/aromatic N) is 2. The summed E-state index contributed by atoms with van der Waals surface area (Å²) in [6.45, 7) is 9.22. The summed E-state index contributed by atoms with van der Waals surface area (Å²) in [5.41, 5.74) is 0.270. The maximum absolute atomic E-state index is 14.6. The van der Waals surface area contributed by atoms with Gasteiger partial charge >= 0.3 is 6.09 Å². The number of rotatable bonds is 13. The van der Waals surface area contributed by atoms with Gasteiger partial charge in [-0.3, -0.25) is 19.2 Å². The van der Waals surface area contributed by atoms with E-state index in [1.165, 1.54) is 4.90 Å². The average Bonchev–Trinajstić information content (AvgIpc) is 3.43. The first-order valence-electron chi connectivity index (χ1n) is 18.1. The van der Waals surface area contributed by atoms with Crippen molar-refractivity contribution in [1.29, 1.82) is 0 Å². The van der Waals surface area contributed by atoms with Gasteiger partial charge in [-0.1, -0.05) is 39.3 Å². The van der Waals surface area contributed by atoms with Crippen LogP contribution >= 0.6 is 0 Å². The zero-order valence-electron chi connectivity index (χ0n) is 30.9. The highest BCUT2D eigenvalue weighted by Gasteiger charge is 2.56. The Kier molecular flexibility index (Phi) is 11.5. The first kappa shape index (κ1) is 37.9. The van der Waals surface area contributed by atoms with Crippen LogP contribution in [0.4, 0.5) is 4.79 Å². The number of alkyl carbamates (subject to hydrolysis) is 1. The summed E-state index contributed by atoms with van der Waals surface area (Å²) in [5, 5.41) is 12.7. The molecule has 3 fully saturated rings. The molecule has 0 aromatic heterocycles. The Morgan fingerprint density at radius 3 is 2.31 bits per heavy atom. The molecular formula is C37H53N5O9. The van der Waals surface area contributed by atoms with Crippen LogP contribution in [-0.2, 0) is 28.8 Å². The van der Waals surface area contributed by atoms with Crippen LogP contribution in [-0.4, -0.2) is 96.8 Å². The lowest BCUT2D eigenvalue weighted by molar-refractivity contribution is -0.144. The predicted octanol–water partition coefficient (Wildman–Crippen LogP) is 3.69. The molecule has 51 heavy (non-hydrogen) atoms. The fourth-order valence-electron chi connectivity index (χ4n) is 7.15. The molecule has 280 valence electrons. The fraction of sp³-hybridized carbons (Fsp3) is 0.676. The molecule has 0 unspecified atom stereocenters. The van der Waals surface area contributed by atoms with Gasteiger partial charge in [-0.05, 0) is 68.9 Å². The quantitative estimate of drug-likeness (QED) is 0.258. The summed E-state index contributed by atoms with van der Waals surface area (Å²) < 4.78 is 16.8. The molecule has 4 atom stereocenters. The molecule has 0 radical (unpaired) electrons. The lowest BCUT2D eigenvalue weighted by Gasteiger charge is -2.35. The van der Waals surface area contributed by atoms with Gasteiger partial charge in [-0.25, -0.2) is 4.79 Å². The van der Waals surface area contributed by atoms with Gasteiger partial charge in [0.05, 0.1) is 32.5 Å². The Balaban J connectivity index is 1.42. The fourth-order valence-corrected chi connectivity index (χ4v) is 7.15. The topological polar surface area (TPSA) is 174 Å². The van der Waals surface area contributed by atoms with Crippen LogP contribution in [0.2, 0.25) is 0 Å². The minimum absolute atomic E-state index is 0.0190. The van der Waals surface area contributed by atoms with E-state index in [1.54, 1.807) is 20.3 Å². The van der Waals surface area contributed by atoms with Crippen LogP contribution < -0.4 is 25.4 Å². The maximum Gasteiger partial charge on any atom is 0.408 e. The molecule has 5 rings (SSSR count). The zero-order valence-corrected chi connectivity index (χ0v) is 30.9. The van der Waals surface area contributed by atoms with E-state index in [0.717, 1.165) is 44.1 Å². The Morgan fingerprint density at radius 2 is 1.71 bits per heavy atom. The van der Waals surface area contributed by atoms with Crippen LogP contribution in [0.3, 0.4) is 0 Å². The molecule has 4 amide bonds. The van der Waals surface area contributed by atoms with Crippen molar-refractivity contribution in [3.63, 3.8) is 0 Å². The molecule has 14 nitrogen and oxygen atoms in total. The van der Waals surface area contributed by atoms with Crippen molar-refractivity contribution in [2.75, 3.05) is 20.8 Å². The second-order valence-corrected chi connectivity index (χ2v) is 15.4. The molecule has 14 heteroatoms. The third kappa shape index (κ3) is 8.75. The van der Waals surface area contributed by atoms with Crippen molar-refractivity contribution in [3.8, 4) is 11.5 Å². The largest absolute Gasteiger partial charge is 0.496 e. The summed E-state index contributed by atoms with van der Waals surface area (Å²) in [6.07, 6.45) is 5.31. The van der Waals surface area contributed by atoms with Crippen molar-refractivity contribution in [2.45, 2.75) is 135 Å². The number of ether oxygens (including phenoxy) is 3. The molecule has 2 aliphatic heterocycles. The molecule has 1 spiro atoms. The second kappa shape index (κ2) is 15.5. The Hall–Kier alpha value is -4.36. The molecule has 2 saturated carbocycles. The monoisotopic (exact) mass is 711 g/mol. The molecule has 1 saturated heterocycles. The molecule has 2 aliphatic carbocycles. The highest BCUT2D eigenvalue weighted by molar-refractivity contribution is 6.38. The number of carbonyl (C=O) groups is 5. The lowest BCUT2D eigenvalue weighted by atomic mass is 9.85. The van der Waals surface area contributed by atoms with Crippen LogP contribution in [0.25, 0.3) is 0 Å². The normalized spacial score (nSPS) is 22.8. The van der Waals surface area contributed by atoms with Gasteiger partial charge in [0.2, 0.25) is 17.6 Å². The minimum Gasteiger partial charge on any atom is -0.496 e. The number of likely N-dealkylation sites (tertiary alicyclic amines) is 1. The summed E-state index contributed by atoms with van der Waals surface area (Å²) in [7, 11) is 3.13. The number of aryl methyl sites for hydroxylation is 1. The average molecular weight is 712 g/mol. The number of oxime groups is 1. The molecule has 4 aliphatic rings. The number of amides is 4. The van der Waals surface area contributed by atoms with E-state index in [9.17, 15) is 24.0 Å². The zero-order chi connectivity index (χ0) is 37.1. The third-order valence-corrected chi connectivity index (χ3v) is 10.2. The van der Waals surface area contributed by atoms with Gasteiger partial charge in [0.15, 0.2) is 5.60 Å².